The lowest BCUT2D eigenvalue weighted by molar-refractivity contribution is -0.118. The molecule has 0 N–H and O–H groups in total. The van der Waals surface area contributed by atoms with Gasteiger partial charge in [-0.2, -0.15) is 0 Å². The van der Waals surface area contributed by atoms with Crippen molar-refractivity contribution in [3.63, 3.8) is 0 Å². The normalized spacial score (nSPS) is 13.4. The van der Waals surface area contributed by atoms with E-state index in [0.717, 1.165) is 17.7 Å². The Morgan fingerprint density at radius 2 is 2.08 bits per heavy atom. The Morgan fingerprint density at radius 1 is 1.28 bits per heavy atom. The first-order chi connectivity index (χ1) is 12.1. The lowest BCUT2D eigenvalue weighted by Gasteiger charge is -2.17. The first-order valence-corrected chi connectivity index (χ1v) is 8.39. The molecule has 0 fully saturated rings. The topological polar surface area (TPSA) is 68.3 Å². The molecule has 0 saturated carbocycles. The van der Waals surface area contributed by atoms with Gasteiger partial charge in [0.15, 0.2) is 0 Å². The van der Waals surface area contributed by atoms with Gasteiger partial charge in [-0.1, -0.05) is 18.2 Å². The van der Waals surface area contributed by atoms with Crippen molar-refractivity contribution in [2.45, 2.75) is 33.2 Å². The van der Waals surface area contributed by atoms with E-state index in [4.69, 9.17) is 4.42 Å². The van der Waals surface area contributed by atoms with Crippen molar-refractivity contribution in [1.82, 2.24) is 9.55 Å². The number of hydrogen-bond donors (Lipinski definition) is 0. The van der Waals surface area contributed by atoms with Gasteiger partial charge in [0.2, 0.25) is 11.6 Å². The van der Waals surface area contributed by atoms with Gasteiger partial charge in [0.05, 0.1) is 0 Å². The Kier molecular flexibility index (Phi) is 3.67. The van der Waals surface area contributed by atoms with E-state index >= 15 is 0 Å². The fourth-order valence-corrected chi connectivity index (χ4v) is 3.38. The van der Waals surface area contributed by atoms with E-state index in [1.165, 1.54) is 16.5 Å². The first kappa shape index (κ1) is 15.6. The quantitative estimate of drug-likeness (QED) is 0.737. The number of hydrogen-bond acceptors (Lipinski definition) is 4. The molecule has 1 aliphatic heterocycles. The third-order valence-electron chi connectivity index (χ3n) is 4.91. The Balaban J connectivity index is 1.55. The van der Waals surface area contributed by atoms with Crippen LogP contribution in [0.2, 0.25) is 0 Å². The number of aryl methyl sites for hydroxylation is 3. The molecule has 0 aliphatic carbocycles. The number of para-hydroxylation sites is 1. The number of benzene rings is 1. The van der Waals surface area contributed by atoms with E-state index in [0.29, 0.717) is 29.9 Å². The summed E-state index contributed by atoms with van der Waals surface area (Å²) < 4.78 is 6.97. The van der Waals surface area contributed by atoms with E-state index < -0.39 is 0 Å². The number of fused-ring (bicyclic) bond motifs is 2. The summed E-state index contributed by atoms with van der Waals surface area (Å²) in [6.45, 7) is 4.67. The monoisotopic (exact) mass is 337 g/mol. The molecule has 2 aromatic heterocycles. The van der Waals surface area contributed by atoms with Crippen LogP contribution in [-0.4, -0.2) is 22.0 Å². The van der Waals surface area contributed by atoms with E-state index in [9.17, 15) is 9.59 Å². The largest absolute Gasteiger partial charge is 0.443 e. The van der Waals surface area contributed by atoms with E-state index in [1.54, 1.807) is 4.90 Å². The standard InChI is InChI=1S/C19H19N3O3/c1-12-13(2)25-18-17(12)19(24)21(11-20-18)9-8-16(23)22-10-7-14-5-3-4-6-15(14)22/h3-6,11H,7-10H2,1-2H3. The number of rotatable bonds is 3. The minimum Gasteiger partial charge on any atom is -0.443 e. The third kappa shape index (κ3) is 2.54. The molecule has 0 unspecified atom stereocenters. The van der Waals surface area contributed by atoms with E-state index in [2.05, 4.69) is 11.1 Å². The zero-order valence-corrected chi connectivity index (χ0v) is 14.3. The van der Waals surface area contributed by atoms with Crippen molar-refractivity contribution in [3.05, 3.63) is 57.8 Å². The first-order valence-electron chi connectivity index (χ1n) is 8.39. The molecule has 0 atom stereocenters. The van der Waals surface area contributed by atoms with Crippen molar-refractivity contribution >= 4 is 22.7 Å². The molecule has 6 heteroatoms. The van der Waals surface area contributed by atoms with Gasteiger partial charge in [0.25, 0.3) is 5.56 Å². The lowest BCUT2D eigenvalue weighted by Crippen LogP contribution is -2.31. The fourth-order valence-electron chi connectivity index (χ4n) is 3.38. The molecule has 1 aromatic carbocycles. The minimum absolute atomic E-state index is 0.0250. The molecule has 3 heterocycles. The van der Waals surface area contributed by atoms with Gasteiger partial charge in [0, 0.05) is 30.8 Å². The van der Waals surface area contributed by atoms with Crippen LogP contribution < -0.4 is 10.5 Å². The zero-order chi connectivity index (χ0) is 17.6. The van der Waals surface area contributed by atoms with Gasteiger partial charge in [-0.25, -0.2) is 4.98 Å². The maximum absolute atomic E-state index is 12.6. The number of carbonyl (C=O) groups is 1. The number of amides is 1. The SMILES string of the molecule is Cc1oc2ncn(CCC(=O)N3CCc4ccccc43)c(=O)c2c1C. The highest BCUT2D eigenvalue weighted by Crippen LogP contribution is 2.28. The molecule has 1 aliphatic rings. The number of anilines is 1. The molecule has 0 radical (unpaired) electrons. The van der Waals surface area contributed by atoms with Gasteiger partial charge < -0.3 is 9.32 Å². The highest BCUT2D eigenvalue weighted by Gasteiger charge is 2.24. The molecular formula is C19H19N3O3. The average Bonchev–Trinajstić information content (AvgIpc) is 3.16. The van der Waals surface area contributed by atoms with Gasteiger partial charge in [-0.15, -0.1) is 0 Å². The average molecular weight is 337 g/mol. The summed E-state index contributed by atoms with van der Waals surface area (Å²) in [6.07, 6.45) is 2.60. The molecule has 1 amide bonds. The van der Waals surface area contributed by atoms with Crippen LogP contribution in [0, 0.1) is 13.8 Å². The van der Waals surface area contributed by atoms with Gasteiger partial charge in [-0.3, -0.25) is 14.2 Å². The summed E-state index contributed by atoms with van der Waals surface area (Å²) >= 11 is 0. The van der Waals surface area contributed by atoms with E-state index in [-0.39, 0.29) is 17.9 Å². The highest BCUT2D eigenvalue weighted by molar-refractivity contribution is 5.95. The second kappa shape index (κ2) is 5.88. The summed E-state index contributed by atoms with van der Waals surface area (Å²) in [7, 11) is 0. The molecule has 25 heavy (non-hydrogen) atoms. The predicted molar refractivity (Wildman–Crippen MR) is 94.9 cm³/mol. The van der Waals surface area contributed by atoms with Crippen molar-refractivity contribution < 1.29 is 9.21 Å². The van der Waals surface area contributed by atoms with Crippen LogP contribution >= 0.6 is 0 Å². The molecule has 4 rings (SSSR count). The van der Waals surface area contributed by atoms with Crippen LogP contribution in [0.4, 0.5) is 5.69 Å². The smallest absolute Gasteiger partial charge is 0.264 e. The number of aromatic nitrogens is 2. The lowest BCUT2D eigenvalue weighted by atomic mass is 10.2. The van der Waals surface area contributed by atoms with Crippen molar-refractivity contribution in [2.24, 2.45) is 0 Å². The molecule has 0 spiro atoms. The Bertz CT molecular complexity index is 1030. The molecule has 6 nitrogen and oxygen atoms in total. The fraction of sp³-hybridized carbons (Fsp3) is 0.316. The number of furan rings is 1. The predicted octanol–water partition coefficient (Wildman–Crippen LogP) is 2.59. The van der Waals surface area contributed by atoms with Crippen LogP contribution in [0.5, 0.6) is 0 Å². The Labute approximate surface area is 144 Å². The number of nitrogens with zero attached hydrogens (tertiary/aromatic N) is 3. The van der Waals surface area contributed by atoms with Crippen LogP contribution in [0.25, 0.3) is 11.1 Å². The summed E-state index contributed by atoms with van der Waals surface area (Å²) in [4.78, 5) is 31.2. The third-order valence-corrected chi connectivity index (χ3v) is 4.91. The second-order valence-electron chi connectivity index (χ2n) is 6.38. The summed E-state index contributed by atoms with van der Waals surface area (Å²) in [5.74, 6) is 0.721. The van der Waals surface area contributed by atoms with Gasteiger partial charge in [0.1, 0.15) is 17.5 Å². The second-order valence-corrected chi connectivity index (χ2v) is 6.38. The molecule has 0 bridgehead atoms. The molecular weight excluding hydrogens is 318 g/mol. The molecule has 0 saturated heterocycles. The maximum Gasteiger partial charge on any atom is 0.264 e. The van der Waals surface area contributed by atoms with Gasteiger partial charge >= 0.3 is 0 Å². The van der Waals surface area contributed by atoms with Crippen LogP contribution in [0.3, 0.4) is 0 Å². The summed E-state index contributed by atoms with van der Waals surface area (Å²) in [6, 6.07) is 7.95. The van der Waals surface area contributed by atoms with Crippen LogP contribution in [-0.2, 0) is 17.8 Å². The van der Waals surface area contributed by atoms with Crippen molar-refractivity contribution in [2.75, 3.05) is 11.4 Å². The van der Waals surface area contributed by atoms with Crippen molar-refractivity contribution in [1.29, 1.82) is 0 Å². The molecule has 128 valence electrons. The van der Waals surface area contributed by atoms with Gasteiger partial charge in [-0.05, 0) is 31.9 Å². The Hall–Kier alpha value is -2.89. The molecule has 3 aromatic rings. The van der Waals surface area contributed by atoms with Crippen molar-refractivity contribution in [3.8, 4) is 0 Å². The zero-order valence-electron chi connectivity index (χ0n) is 14.3. The van der Waals surface area contributed by atoms with Crippen LogP contribution in [0.1, 0.15) is 23.3 Å². The maximum atomic E-state index is 12.6. The summed E-state index contributed by atoms with van der Waals surface area (Å²) in [5.41, 5.74) is 3.18. The number of carbonyl (C=O) groups excluding carboxylic acids is 1. The van der Waals surface area contributed by atoms with E-state index in [1.807, 2.05) is 32.0 Å². The minimum atomic E-state index is -0.158. The summed E-state index contributed by atoms with van der Waals surface area (Å²) in [5, 5.41) is 0.499. The Morgan fingerprint density at radius 3 is 2.92 bits per heavy atom. The van der Waals surface area contributed by atoms with Crippen LogP contribution in [0.15, 0.2) is 39.8 Å². The highest BCUT2D eigenvalue weighted by atomic mass is 16.3.